The highest BCUT2D eigenvalue weighted by Gasteiger charge is 2.19. The second-order valence-corrected chi connectivity index (χ2v) is 1.46. The van der Waals surface area contributed by atoms with Crippen molar-refractivity contribution in [2.24, 2.45) is 5.73 Å². The molecule has 0 aromatic heterocycles. The van der Waals surface area contributed by atoms with E-state index in [4.69, 9.17) is 15.9 Å². The largest absolute Gasteiger partial charge is 0.475 e. The van der Waals surface area contributed by atoms with Crippen LogP contribution in [0.15, 0.2) is 0 Å². The summed E-state index contributed by atoms with van der Waals surface area (Å²) < 4.78 is 0. The molecule has 0 bridgehead atoms. The summed E-state index contributed by atoms with van der Waals surface area (Å²) in [6, 6.07) is -1.29. The summed E-state index contributed by atoms with van der Waals surface area (Å²) in [5, 5.41) is 16.1. The number of aliphatic hydroxyl groups excluding tert-OH is 1. The molecule has 4 N–H and O–H groups in total. The molecule has 5 nitrogen and oxygen atoms in total. The van der Waals surface area contributed by atoms with Gasteiger partial charge in [-0.05, 0) is 0 Å². The zero-order valence-corrected chi connectivity index (χ0v) is 4.57. The number of hydrogen-bond donors (Lipinski definition) is 3. The van der Waals surface area contributed by atoms with Crippen LogP contribution >= 0.6 is 0 Å². The van der Waals surface area contributed by atoms with E-state index in [0.717, 1.165) is 0 Å². The van der Waals surface area contributed by atoms with Crippen LogP contribution in [0, 0.1) is 0 Å². The summed E-state index contributed by atoms with van der Waals surface area (Å²) in [7, 11) is 0. The second-order valence-electron chi connectivity index (χ2n) is 1.46. The summed E-state index contributed by atoms with van der Waals surface area (Å²) >= 11 is 0. The maximum Gasteiger partial charge on any atom is 0.373 e. The summed E-state index contributed by atoms with van der Waals surface area (Å²) in [6.45, 7) is -0.634. The van der Waals surface area contributed by atoms with Crippen LogP contribution in [0.3, 0.4) is 0 Å². The maximum atomic E-state index is 10.2. The molecular formula is C4H7NO4. The standard InChI is InChI=1S/C4H7NO4/c5-2(1-6)3(7)4(8)9/h2,6H,1,5H2,(H,8,9)/t2-/m0/s1. The van der Waals surface area contributed by atoms with Crippen molar-refractivity contribution in [1.29, 1.82) is 0 Å². The molecule has 0 unspecified atom stereocenters. The number of carboxylic acids is 1. The van der Waals surface area contributed by atoms with Crippen LogP contribution in [0.1, 0.15) is 0 Å². The second kappa shape index (κ2) is 3.16. The van der Waals surface area contributed by atoms with Gasteiger partial charge in [-0.3, -0.25) is 4.79 Å². The number of aliphatic carboxylic acids is 1. The Morgan fingerprint density at radius 1 is 1.56 bits per heavy atom. The number of ketones is 1. The maximum absolute atomic E-state index is 10.2. The molecule has 0 aromatic carbocycles. The minimum atomic E-state index is -1.61. The number of rotatable bonds is 3. The van der Waals surface area contributed by atoms with Gasteiger partial charge in [0.1, 0.15) is 0 Å². The molecule has 0 amide bonds. The molecule has 0 heterocycles. The van der Waals surface area contributed by atoms with Crippen LogP contribution in [0.4, 0.5) is 0 Å². The van der Waals surface area contributed by atoms with Crippen molar-refractivity contribution in [3.05, 3.63) is 0 Å². The van der Waals surface area contributed by atoms with E-state index in [9.17, 15) is 9.59 Å². The molecule has 0 saturated heterocycles. The molecule has 0 saturated carbocycles. The molecule has 0 spiro atoms. The van der Waals surface area contributed by atoms with Crippen molar-refractivity contribution in [2.45, 2.75) is 6.04 Å². The quantitative estimate of drug-likeness (QED) is 0.385. The van der Waals surface area contributed by atoms with Gasteiger partial charge in [0.2, 0.25) is 0 Å². The van der Waals surface area contributed by atoms with Crippen LogP contribution < -0.4 is 5.73 Å². The molecule has 0 aromatic rings. The normalized spacial score (nSPS) is 12.7. The first-order valence-electron chi connectivity index (χ1n) is 2.23. The van der Waals surface area contributed by atoms with E-state index in [2.05, 4.69) is 0 Å². The van der Waals surface area contributed by atoms with Crippen molar-refractivity contribution >= 4 is 11.8 Å². The number of hydrogen-bond acceptors (Lipinski definition) is 4. The van der Waals surface area contributed by atoms with Crippen molar-refractivity contribution in [3.8, 4) is 0 Å². The zero-order valence-electron chi connectivity index (χ0n) is 4.57. The Kier molecular flexibility index (Phi) is 2.83. The van der Waals surface area contributed by atoms with Gasteiger partial charge in [0.05, 0.1) is 12.6 Å². The molecule has 0 rings (SSSR count). The van der Waals surface area contributed by atoms with Crippen LogP contribution in [-0.2, 0) is 9.59 Å². The summed E-state index contributed by atoms with van der Waals surface area (Å²) in [6.07, 6.45) is 0. The summed E-state index contributed by atoms with van der Waals surface area (Å²) in [5.41, 5.74) is 4.84. The Morgan fingerprint density at radius 3 is 2.11 bits per heavy atom. The highest BCUT2D eigenvalue weighted by Crippen LogP contribution is 1.78. The first kappa shape index (κ1) is 8.06. The lowest BCUT2D eigenvalue weighted by Crippen LogP contribution is -2.38. The van der Waals surface area contributed by atoms with E-state index in [1.54, 1.807) is 0 Å². The summed E-state index contributed by atoms with van der Waals surface area (Å²) in [4.78, 5) is 19.9. The highest BCUT2D eigenvalue weighted by molar-refractivity contribution is 6.34. The van der Waals surface area contributed by atoms with Gasteiger partial charge >= 0.3 is 5.97 Å². The molecule has 5 heteroatoms. The number of nitrogens with two attached hydrogens (primary N) is 1. The third kappa shape index (κ3) is 2.20. The molecule has 0 aliphatic rings. The monoisotopic (exact) mass is 133 g/mol. The van der Waals surface area contributed by atoms with E-state index >= 15 is 0 Å². The topological polar surface area (TPSA) is 101 Å². The van der Waals surface area contributed by atoms with E-state index in [1.807, 2.05) is 0 Å². The Morgan fingerprint density at radius 2 is 2.00 bits per heavy atom. The van der Waals surface area contributed by atoms with Gasteiger partial charge in [-0.2, -0.15) is 0 Å². The average Bonchev–Trinajstić information content (AvgIpc) is 1.84. The number of carbonyl (C=O) groups excluding carboxylic acids is 1. The Labute approximate surface area is 51.1 Å². The minimum Gasteiger partial charge on any atom is -0.475 e. The third-order valence-corrected chi connectivity index (χ3v) is 0.744. The summed E-state index contributed by atoms with van der Waals surface area (Å²) in [5.74, 6) is -2.78. The van der Waals surface area contributed by atoms with Gasteiger partial charge in [-0.25, -0.2) is 4.79 Å². The van der Waals surface area contributed by atoms with Crippen LogP contribution in [0.5, 0.6) is 0 Å². The predicted molar refractivity (Wildman–Crippen MR) is 27.7 cm³/mol. The van der Waals surface area contributed by atoms with Gasteiger partial charge < -0.3 is 15.9 Å². The molecule has 0 radical (unpaired) electrons. The fourth-order valence-electron chi connectivity index (χ4n) is 0.242. The predicted octanol–water partition coefficient (Wildman–Crippen LogP) is -2.04. The molecule has 9 heavy (non-hydrogen) atoms. The molecule has 0 aliphatic carbocycles. The first-order chi connectivity index (χ1) is 4.09. The Bertz CT molecular complexity index is 133. The highest BCUT2D eigenvalue weighted by atomic mass is 16.4. The number of Topliss-reactive ketones (excluding diaryl/α,β-unsaturated/α-hetero) is 1. The van der Waals surface area contributed by atoms with E-state index in [1.165, 1.54) is 0 Å². The Hall–Kier alpha value is -0.940. The first-order valence-corrected chi connectivity index (χ1v) is 2.23. The molecular weight excluding hydrogens is 126 g/mol. The van der Waals surface area contributed by atoms with Crippen molar-refractivity contribution in [2.75, 3.05) is 6.61 Å². The average molecular weight is 133 g/mol. The van der Waals surface area contributed by atoms with Gasteiger partial charge in [-0.15, -0.1) is 0 Å². The SMILES string of the molecule is N[C@@H](CO)C(=O)C(=O)O. The van der Waals surface area contributed by atoms with Crippen molar-refractivity contribution in [3.63, 3.8) is 0 Å². The van der Waals surface area contributed by atoms with Gasteiger partial charge in [-0.1, -0.05) is 0 Å². The number of carbonyl (C=O) groups is 2. The van der Waals surface area contributed by atoms with Crippen LogP contribution in [0.25, 0.3) is 0 Å². The minimum absolute atomic E-state index is 0.634. The van der Waals surface area contributed by atoms with E-state index in [0.29, 0.717) is 0 Å². The lowest BCUT2D eigenvalue weighted by atomic mass is 10.2. The molecule has 0 aliphatic heterocycles. The molecule has 1 atom stereocenters. The Balaban J connectivity index is 3.88. The molecule has 0 fully saturated rings. The van der Waals surface area contributed by atoms with Crippen LogP contribution in [0.2, 0.25) is 0 Å². The lowest BCUT2D eigenvalue weighted by Gasteiger charge is -1.99. The third-order valence-electron chi connectivity index (χ3n) is 0.744. The number of aliphatic hydroxyl groups is 1. The smallest absolute Gasteiger partial charge is 0.373 e. The van der Waals surface area contributed by atoms with Crippen molar-refractivity contribution in [1.82, 2.24) is 0 Å². The van der Waals surface area contributed by atoms with Gasteiger partial charge in [0, 0.05) is 0 Å². The van der Waals surface area contributed by atoms with Gasteiger partial charge in [0.15, 0.2) is 0 Å². The van der Waals surface area contributed by atoms with Crippen molar-refractivity contribution < 1.29 is 19.8 Å². The zero-order chi connectivity index (χ0) is 7.44. The molecule has 52 valence electrons. The van der Waals surface area contributed by atoms with Gasteiger partial charge in [0.25, 0.3) is 5.78 Å². The fraction of sp³-hybridized carbons (Fsp3) is 0.500. The fourth-order valence-corrected chi connectivity index (χ4v) is 0.242. The van der Waals surface area contributed by atoms with E-state index < -0.39 is 24.4 Å². The number of carboxylic acid groups (broad SMARTS) is 1. The lowest BCUT2D eigenvalue weighted by molar-refractivity contribution is -0.150. The van der Waals surface area contributed by atoms with Crippen LogP contribution in [-0.4, -0.2) is 34.6 Å². The van der Waals surface area contributed by atoms with E-state index in [-0.39, 0.29) is 0 Å².